The van der Waals surface area contributed by atoms with Crippen LogP contribution in [0.15, 0.2) is 12.1 Å². The van der Waals surface area contributed by atoms with Crippen LogP contribution in [0.2, 0.25) is 0 Å². The maximum Gasteiger partial charge on any atom is 0.175 e. The van der Waals surface area contributed by atoms with Crippen LogP contribution in [0.25, 0.3) is 0 Å². The van der Waals surface area contributed by atoms with E-state index in [4.69, 9.17) is 16.3 Å². The number of hydrogen-bond donors (Lipinski definition) is 0. The standard InChI is InChI=1S/C12H15ClO/c1-4-5-8-6-7-9(12(2,3)13)11-10(8)14-11/h6-7H,4-5H2,1-3H3. The molecule has 0 saturated carbocycles. The van der Waals surface area contributed by atoms with Crippen molar-refractivity contribution in [2.75, 3.05) is 0 Å². The monoisotopic (exact) mass is 210 g/mol. The first kappa shape index (κ1) is 9.85. The zero-order valence-electron chi connectivity index (χ0n) is 8.86. The molecule has 0 N–H and O–H groups in total. The molecule has 0 atom stereocenters. The summed E-state index contributed by atoms with van der Waals surface area (Å²) in [6.07, 6.45) is 2.24. The van der Waals surface area contributed by atoms with Crippen LogP contribution in [0.1, 0.15) is 38.3 Å². The number of benzene rings is 1. The SMILES string of the molecule is CCCc1ccc(C(C)(C)Cl)c2c1O2. The fourth-order valence-corrected chi connectivity index (χ4v) is 1.88. The molecule has 1 aromatic carbocycles. The molecular weight excluding hydrogens is 196 g/mol. The van der Waals surface area contributed by atoms with Crippen molar-refractivity contribution in [3.63, 3.8) is 0 Å². The molecule has 0 saturated heterocycles. The van der Waals surface area contributed by atoms with E-state index in [2.05, 4.69) is 19.1 Å². The lowest BCUT2D eigenvalue weighted by molar-refractivity contribution is 0.625. The number of fused-ring (bicyclic) bond motifs is 1. The van der Waals surface area contributed by atoms with Crippen LogP contribution in [0.4, 0.5) is 0 Å². The minimum absolute atomic E-state index is 0.328. The molecule has 0 spiro atoms. The van der Waals surface area contributed by atoms with Gasteiger partial charge in [-0.1, -0.05) is 25.5 Å². The topological polar surface area (TPSA) is 12.5 Å². The summed E-state index contributed by atoms with van der Waals surface area (Å²) < 4.78 is 5.49. The highest BCUT2D eigenvalue weighted by molar-refractivity contribution is 6.23. The van der Waals surface area contributed by atoms with Crippen LogP contribution in [-0.4, -0.2) is 0 Å². The predicted octanol–water partition coefficient (Wildman–Crippen LogP) is 4.22. The maximum absolute atomic E-state index is 6.25. The Morgan fingerprint density at radius 3 is 2.57 bits per heavy atom. The molecule has 14 heavy (non-hydrogen) atoms. The van der Waals surface area contributed by atoms with E-state index < -0.39 is 0 Å². The molecule has 0 fully saturated rings. The van der Waals surface area contributed by atoms with Crippen molar-refractivity contribution in [2.24, 2.45) is 0 Å². The van der Waals surface area contributed by atoms with Crippen LogP contribution in [-0.2, 0) is 11.3 Å². The minimum Gasteiger partial charge on any atom is -0.449 e. The second-order valence-corrected chi connectivity index (χ2v) is 5.20. The summed E-state index contributed by atoms with van der Waals surface area (Å²) in [6.45, 7) is 6.16. The van der Waals surface area contributed by atoms with Gasteiger partial charge < -0.3 is 4.74 Å². The van der Waals surface area contributed by atoms with E-state index in [1.807, 2.05) is 13.8 Å². The summed E-state index contributed by atoms with van der Waals surface area (Å²) in [5.74, 6) is 2.08. The van der Waals surface area contributed by atoms with E-state index in [9.17, 15) is 0 Å². The maximum atomic E-state index is 6.25. The molecule has 0 unspecified atom stereocenters. The van der Waals surface area contributed by atoms with Crippen LogP contribution < -0.4 is 4.74 Å². The molecule has 0 bridgehead atoms. The summed E-state index contributed by atoms with van der Waals surface area (Å²) in [4.78, 5) is -0.328. The molecule has 1 heterocycles. The zero-order chi connectivity index (χ0) is 10.3. The van der Waals surface area contributed by atoms with Gasteiger partial charge in [-0.05, 0) is 25.8 Å². The number of rotatable bonds is 3. The predicted molar refractivity (Wildman–Crippen MR) is 59.4 cm³/mol. The van der Waals surface area contributed by atoms with E-state index in [-0.39, 0.29) is 4.87 Å². The number of halogens is 1. The van der Waals surface area contributed by atoms with Crippen LogP contribution in [0, 0.1) is 0 Å². The number of alkyl halides is 1. The lowest BCUT2D eigenvalue weighted by Crippen LogP contribution is -2.05. The van der Waals surface area contributed by atoms with E-state index in [1.54, 1.807) is 0 Å². The highest BCUT2D eigenvalue weighted by atomic mass is 35.5. The van der Waals surface area contributed by atoms with E-state index in [0.717, 1.165) is 29.9 Å². The molecule has 0 radical (unpaired) electrons. The average molecular weight is 211 g/mol. The third kappa shape index (κ3) is 1.61. The molecular formula is C12H15ClO. The molecule has 0 aromatic heterocycles. The Morgan fingerprint density at radius 1 is 1.29 bits per heavy atom. The summed E-state index contributed by atoms with van der Waals surface area (Å²) in [5, 5.41) is 0. The Bertz CT molecular complexity index is 363. The van der Waals surface area contributed by atoms with Gasteiger partial charge in [0.15, 0.2) is 11.5 Å². The normalized spacial score (nSPS) is 13.4. The van der Waals surface area contributed by atoms with Gasteiger partial charge >= 0.3 is 0 Å². The van der Waals surface area contributed by atoms with Gasteiger partial charge in [-0.25, -0.2) is 0 Å². The first-order valence-electron chi connectivity index (χ1n) is 5.07. The summed E-state index contributed by atoms with van der Waals surface area (Å²) >= 11 is 6.25. The highest BCUT2D eigenvalue weighted by Crippen LogP contribution is 2.55. The molecule has 0 aliphatic carbocycles. The van der Waals surface area contributed by atoms with Crippen LogP contribution in [0.3, 0.4) is 0 Å². The Kier molecular flexibility index (Phi) is 2.23. The van der Waals surface area contributed by atoms with Crippen molar-refractivity contribution in [1.29, 1.82) is 0 Å². The Labute approximate surface area is 90.0 Å². The summed E-state index contributed by atoms with van der Waals surface area (Å²) in [5.41, 5.74) is 2.42. The number of hydrogen-bond acceptors (Lipinski definition) is 1. The molecule has 0 amide bonds. The van der Waals surface area contributed by atoms with Crippen LogP contribution >= 0.6 is 11.6 Å². The molecule has 2 heteroatoms. The highest BCUT2D eigenvalue weighted by Gasteiger charge is 2.34. The van der Waals surface area contributed by atoms with Crippen molar-refractivity contribution in [3.8, 4) is 11.5 Å². The second kappa shape index (κ2) is 3.16. The molecule has 1 aliphatic heterocycles. The third-order valence-electron chi connectivity index (χ3n) is 2.52. The smallest absolute Gasteiger partial charge is 0.175 e. The van der Waals surface area contributed by atoms with Crippen molar-refractivity contribution in [2.45, 2.75) is 38.5 Å². The molecule has 2 rings (SSSR count). The zero-order valence-corrected chi connectivity index (χ0v) is 9.61. The fraction of sp³-hybridized carbons (Fsp3) is 0.500. The Hall–Kier alpha value is -0.690. The Morgan fingerprint density at radius 2 is 2.00 bits per heavy atom. The van der Waals surface area contributed by atoms with Gasteiger partial charge in [0.05, 0.1) is 4.87 Å². The van der Waals surface area contributed by atoms with Crippen molar-refractivity contribution in [3.05, 3.63) is 23.3 Å². The van der Waals surface area contributed by atoms with Gasteiger partial charge in [-0.2, -0.15) is 0 Å². The van der Waals surface area contributed by atoms with Crippen molar-refractivity contribution < 1.29 is 4.74 Å². The lowest BCUT2D eigenvalue weighted by atomic mass is 10.00. The summed E-state index contributed by atoms with van der Waals surface area (Å²) in [7, 11) is 0. The minimum atomic E-state index is -0.328. The summed E-state index contributed by atoms with van der Waals surface area (Å²) in [6, 6.07) is 4.22. The lowest BCUT2D eigenvalue weighted by Gasteiger charge is -2.13. The van der Waals surface area contributed by atoms with Gasteiger partial charge in [0.2, 0.25) is 0 Å². The van der Waals surface area contributed by atoms with E-state index in [1.165, 1.54) is 5.56 Å². The van der Waals surface area contributed by atoms with Gasteiger partial charge in [0, 0.05) is 5.56 Å². The second-order valence-electron chi connectivity index (χ2n) is 4.26. The molecule has 1 nitrogen and oxygen atoms in total. The quantitative estimate of drug-likeness (QED) is 0.546. The van der Waals surface area contributed by atoms with Gasteiger partial charge in [0.25, 0.3) is 0 Å². The third-order valence-corrected chi connectivity index (χ3v) is 2.72. The fourth-order valence-electron chi connectivity index (χ4n) is 1.73. The molecule has 1 aliphatic rings. The first-order valence-corrected chi connectivity index (χ1v) is 5.45. The van der Waals surface area contributed by atoms with Crippen LogP contribution in [0.5, 0.6) is 11.5 Å². The molecule has 1 aromatic rings. The average Bonchev–Trinajstić information content (AvgIpc) is 2.82. The van der Waals surface area contributed by atoms with Crippen molar-refractivity contribution >= 4 is 11.6 Å². The van der Waals surface area contributed by atoms with Gasteiger partial charge in [0.1, 0.15) is 0 Å². The largest absolute Gasteiger partial charge is 0.449 e. The molecule has 76 valence electrons. The van der Waals surface area contributed by atoms with E-state index >= 15 is 0 Å². The van der Waals surface area contributed by atoms with Crippen molar-refractivity contribution in [1.82, 2.24) is 0 Å². The number of aryl methyl sites for hydroxylation is 1. The number of ether oxygens (including phenoxy) is 1. The van der Waals surface area contributed by atoms with E-state index in [0.29, 0.717) is 0 Å². The van der Waals surface area contributed by atoms with Gasteiger partial charge in [-0.15, -0.1) is 11.6 Å². The van der Waals surface area contributed by atoms with Gasteiger partial charge in [-0.3, -0.25) is 0 Å². The first-order chi connectivity index (χ1) is 6.54. The Balaban J connectivity index is 2.34.